The Hall–Kier alpha value is -2.21. The van der Waals surface area contributed by atoms with Crippen molar-refractivity contribution in [2.45, 2.75) is 6.92 Å². The van der Waals surface area contributed by atoms with Crippen molar-refractivity contribution in [1.29, 1.82) is 0 Å². The molecule has 1 aromatic carbocycles. The molecule has 104 valence electrons. The van der Waals surface area contributed by atoms with Crippen LogP contribution in [0, 0.1) is 12.7 Å². The molecule has 0 aliphatic heterocycles. The number of hydrogen-bond acceptors (Lipinski definition) is 4. The maximum absolute atomic E-state index is 13.5. The Kier molecular flexibility index (Phi) is 3.02. The zero-order valence-electron chi connectivity index (χ0n) is 11.5. The number of fused-ring (bicyclic) bond motifs is 3. The monoisotopic (exact) mass is 275 g/mol. The SMILES string of the molecule is COCOc1nc2c(c(C)nn2C)c2ccc(F)cc12. The van der Waals surface area contributed by atoms with E-state index in [2.05, 4.69) is 10.1 Å². The molecule has 0 spiro atoms. The molecule has 6 heteroatoms. The van der Waals surface area contributed by atoms with E-state index in [0.29, 0.717) is 16.9 Å². The fraction of sp³-hybridized carbons (Fsp3) is 0.286. The van der Waals surface area contributed by atoms with Crippen LogP contribution in [0.15, 0.2) is 18.2 Å². The number of ether oxygens (including phenoxy) is 2. The molecular weight excluding hydrogens is 261 g/mol. The molecule has 0 amide bonds. The smallest absolute Gasteiger partial charge is 0.225 e. The van der Waals surface area contributed by atoms with Crippen molar-refractivity contribution in [3.05, 3.63) is 29.7 Å². The normalized spacial score (nSPS) is 11.4. The Bertz CT molecular complexity index is 798. The van der Waals surface area contributed by atoms with Crippen molar-refractivity contribution in [2.75, 3.05) is 13.9 Å². The van der Waals surface area contributed by atoms with Crippen LogP contribution in [0.5, 0.6) is 5.88 Å². The van der Waals surface area contributed by atoms with Gasteiger partial charge in [0.15, 0.2) is 12.4 Å². The van der Waals surface area contributed by atoms with E-state index in [-0.39, 0.29) is 12.6 Å². The van der Waals surface area contributed by atoms with Crippen molar-refractivity contribution in [3.63, 3.8) is 0 Å². The Balaban J connectivity index is 2.40. The number of aryl methyl sites for hydroxylation is 2. The molecular formula is C14H14FN3O2. The van der Waals surface area contributed by atoms with E-state index < -0.39 is 0 Å². The van der Waals surface area contributed by atoms with Crippen LogP contribution in [-0.2, 0) is 11.8 Å². The Morgan fingerprint density at radius 1 is 1.30 bits per heavy atom. The molecule has 0 saturated carbocycles. The molecule has 0 N–H and O–H groups in total. The summed E-state index contributed by atoms with van der Waals surface area (Å²) < 4.78 is 25.5. The van der Waals surface area contributed by atoms with E-state index in [1.807, 2.05) is 14.0 Å². The Labute approximate surface area is 114 Å². The maximum Gasteiger partial charge on any atom is 0.225 e. The first-order chi connectivity index (χ1) is 9.61. The minimum Gasteiger partial charge on any atom is -0.450 e. The van der Waals surface area contributed by atoms with Gasteiger partial charge in [-0.1, -0.05) is 6.07 Å². The fourth-order valence-corrected chi connectivity index (χ4v) is 2.38. The minimum absolute atomic E-state index is 0.0565. The summed E-state index contributed by atoms with van der Waals surface area (Å²) in [4.78, 5) is 4.43. The summed E-state index contributed by atoms with van der Waals surface area (Å²) in [6, 6.07) is 4.57. The van der Waals surface area contributed by atoms with Gasteiger partial charge in [0.2, 0.25) is 5.88 Å². The third-order valence-corrected chi connectivity index (χ3v) is 3.19. The van der Waals surface area contributed by atoms with Crippen molar-refractivity contribution < 1.29 is 13.9 Å². The standard InChI is InChI=1S/C14H14FN3O2/c1-8-12-10-5-4-9(15)6-11(10)14(20-7-19-3)16-13(12)18(2)17-8/h4-6H,7H2,1-3H3. The summed E-state index contributed by atoms with van der Waals surface area (Å²) in [5, 5.41) is 6.75. The third-order valence-electron chi connectivity index (χ3n) is 3.19. The summed E-state index contributed by atoms with van der Waals surface area (Å²) in [6.45, 7) is 1.96. The van der Waals surface area contributed by atoms with Crippen LogP contribution in [0.25, 0.3) is 21.8 Å². The van der Waals surface area contributed by atoms with Gasteiger partial charge in [-0.05, 0) is 19.1 Å². The predicted molar refractivity (Wildman–Crippen MR) is 73.2 cm³/mol. The van der Waals surface area contributed by atoms with E-state index in [1.165, 1.54) is 19.2 Å². The average molecular weight is 275 g/mol. The highest BCUT2D eigenvalue weighted by Crippen LogP contribution is 2.32. The van der Waals surface area contributed by atoms with E-state index in [4.69, 9.17) is 9.47 Å². The number of aromatic nitrogens is 3. The summed E-state index contributed by atoms with van der Waals surface area (Å²) >= 11 is 0. The average Bonchev–Trinajstić information content (AvgIpc) is 2.71. The molecule has 5 nitrogen and oxygen atoms in total. The van der Waals surface area contributed by atoms with Gasteiger partial charge in [-0.3, -0.25) is 4.68 Å². The van der Waals surface area contributed by atoms with E-state index in [0.717, 1.165) is 16.5 Å². The van der Waals surface area contributed by atoms with Crippen LogP contribution in [0.1, 0.15) is 5.69 Å². The van der Waals surface area contributed by atoms with Gasteiger partial charge < -0.3 is 9.47 Å². The van der Waals surface area contributed by atoms with Crippen LogP contribution in [-0.4, -0.2) is 28.7 Å². The van der Waals surface area contributed by atoms with Crippen molar-refractivity contribution in [1.82, 2.24) is 14.8 Å². The second kappa shape index (κ2) is 4.72. The van der Waals surface area contributed by atoms with Crippen LogP contribution >= 0.6 is 0 Å². The van der Waals surface area contributed by atoms with Crippen LogP contribution in [0.2, 0.25) is 0 Å². The first-order valence-corrected chi connectivity index (χ1v) is 6.16. The molecule has 2 heterocycles. The van der Waals surface area contributed by atoms with Crippen LogP contribution < -0.4 is 4.74 Å². The van der Waals surface area contributed by atoms with Gasteiger partial charge in [0.05, 0.1) is 11.1 Å². The number of nitrogens with zero attached hydrogens (tertiary/aromatic N) is 3. The van der Waals surface area contributed by atoms with Crippen molar-refractivity contribution >= 4 is 21.8 Å². The van der Waals surface area contributed by atoms with Crippen LogP contribution in [0.4, 0.5) is 4.39 Å². The van der Waals surface area contributed by atoms with Crippen molar-refractivity contribution in [3.8, 4) is 5.88 Å². The summed E-state index contributed by atoms with van der Waals surface area (Å²) in [7, 11) is 3.34. The number of hydrogen-bond donors (Lipinski definition) is 0. The molecule has 0 saturated heterocycles. The quantitative estimate of drug-likeness (QED) is 0.689. The van der Waals surface area contributed by atoms with Gasteiger partial charge >= 0.3 is 0 Å². The molecule has 0 fully saturated rings. The topological polar surface area (TPSA) is 49.2 Å². The first kappa shape index (κ1) is 12.8. The molecule has 0 bridgehead atoms. The number of halogens is 1. The zero-order valence-corrected chi connectivity index (χ0v) is 11.5. The van der Waals surface area contributed by atoms with E-state index in [9.17, 15) is 4.39 Å². The first-order valence-electron chi connectivity index (χ1n) is 6.16. The molecule has 0 aliphatic rings. The second-order valence-corrected chi connectivity index (χ2v) is 4.57. The molecule has 20 heavy (non-hydrogen) atoms. The predicted octanol–water partition coefficient (Wildman–Crippen LogP) is 2.55. The van der Waals surface area contributed by atoms with Gasteiger partial charge in [0.1, 0.15) is 5.82 Å². The lowest BCUT2D eigenvalue weighted by Crippen LogP contribution is -2.02. The Morgan fingerprint density at radius 2 is 2.10 bits per heavy atom. The second-order valence-electron chi connectivity index (χ2n) is 4.57. The van der Waals surface area contributed by atoms with Gasteiger partial charge in [-0.2, -0.15) is 10.1 Å². The lowest BCUT2D eigenvalue weighted by Gasteiger charge is -2.09. The highest BCUT2D eigenvalue weighted by molar-refractivity contribution is 6.08. The number of pyridine rings is 1. The number of rotatable bonds is 3. The summed E-state index contributed by atoms with van der Waals surface area (Å²) in [5.74, 6) is 0.0133. The lowest BCUT2D eigenvalue weighted by molar-refractivity contribution is 0.0492. The number of methoxy groups -OCH3 is 1. The fourth-order valence-electron chi connectivity index (χ4n) is 2.38. The van der Waals surface area contributed by atoms with Crippen LogP contribution in [0.3, 0.4) is 0 Å². The van der Waals surface area contributed by atoms with E-state index in [1.54, 1.807) is 10.7 Å². The molecule has 3 rings (SSSR count). The third kappa shape index (κ3) is 1.89. The van der Waals surface area contributed by atoms with Gasteiger partial charge in [0.25, 0.3) is 0 Å². The van der Waals surface area contributed by atoms with E-state index >= 15 is 0 Å². The highest BCUT2D eigenvalue weighted by Gasteiger charge is 2.15. The minimum atomic E-state index is -0.331. The van der Waals surface area contributed by atoms with Gasteiger partial charge in [-0.15, -0.1) is 0 Å². The summed E-state index contributed by atoms with van der Waals surface area (Å²) in [5.41, 5.74) is 1.55. The molecule has 2 aromatic heterocycles. The van der Waals surface area contributed by atoms with Gasteiger partial charge in [0, 0.05) is 24.9 Å². The van der Waals surface area contributed by atoms with Gasteiger partial charge in [-0.25, -0.2) is 4.39 Å². The molecule has 0 unspecified atom stereocenters. The summed E-state index contributed by atoms with van der Waals surface area (Å²) in [6.07, 6.45) is 0. The Morgan fingerprint density at radius 3 is 2.85 bits per heavy atom. The maximum atomic E-state index is 13.5. The molecule has 0 radical (unpaired) electrons. The molecule has 0 atom stereocenters. The lowest BCUT2D eigenvalue weighted by atomic mass is 10.1. The largest absolute Gasteiger partial charge is 0.450 e. The number of benzene rings is 1. The highest BCUT2D eigenvalue weighted by atomic mass is 19.1. The van der Waals surface area contributed by atoms with Crippen molar-refractivity contribution in [2.24, 2.45) is 7.05 Å². The molecule has 3 aromatic rings. The molecule has 0 aliphatic carbocycles. The zero-order chi connectivity index (χ0) is 14.3.